The van der Waals surface area contributed by atoms with Gasteiger partial charge in [-0.25, -0.2) is 0 Å². The minimum atomic E-state index is -0.759. The zero-order valence-corrected chi connectivity index (χ0v) is 17.9. The van der Waals surface area contributed by atoms with Crippen LogP contribution in [0.1, 0.15) is 104 Å². The highest BCUT2D eigenvalue weighted by molar-refractivity contribution is 5.66. The van der Waals surface area contributed by atoms with E-state index in [1.54, 1.807) is 6.92 Å². The molecule has 5 atom stereocenters. The molecule has 1 rings (SSSR count). The lowest BCUT2D eigenvalue weighted by molar-refractivity contribution is -0.273. The van der Waals surface area contributed by atoms with Crippen LogP contribution in [0.4, 0.5) is 0 Å². The number of rotatable bonds is 16. The average Bonchev–Trinajstić information content (AvgIpc) is 2.63. The lowest BCUT2D eigenvalue weighted by Crippen LogP contribution is -2.48. The van der Waals surface area contributed by atoms with Gasteiger partial charge in [-0.2, -0.15) is 0 Å². The second-order valence-corrected chi connectivity index (χ2v) is 8.35. The van der Waals surface area contributed by atoms with Crippen molar-refractivity contribution in [2.75, 3.05) is 0 Å². The molecule has 1 fully saturated rings. The molecule has 1 aliphatic rings. The van der Waals surface area contributed by atoms with Crippen molar-refractivity contribution < 1.29 is 29.6 Å². The highest BCUT2D eigenvalue weighted by Crippen LogP contribution is 2.23. The third kappa shape index (κ3) is 12.0. The molecule has 166 valence electrons. The summed E-state index contributed by atoms with van der Waals surface area (Å²) in [6, 6.07) is 0. The molecule has 3 N–H and O–H groups in total. The molecular formula is C22H42O6. The predicted octanol–water partition coefficient (Wildman–Crippen LogP) is 4.40. The molecule has 0 saturated carbocycles. The first-order valence-electron chi connectivity index (χ1n) is 11.3. The van der Waals surface area contributed by atoms with Crippen molar-refractivity contribution >= 4 is 5.97 Å². The second kappa shape index (κ2) is 15.2. The Hall–Kier alpha value is -0.690. The third-order valence-corrected chi connectivity index (χ3v) is 5.56. The summed E-state index contributed by atoms with van der Waals surface area (Å²) in [5, 5.41) is 28.2. The summed E-state index contributed by atoms with van der Waals surface area (Å²) in [6.07, 6.45) is 12.2. The van der Waals surface area contributed by atoms with Crippen LogP contribution in [0.25, 0.3) is 0 Å². The number of carboxylic acids is 1. The zero-order valence-electron chi connectivity index (χ0n) is 17.9. The smallest absolute Gasteiger partial charge is 0.303 e. The Morgan fingerprint density at radius 2 is 1.43 bits per heavy atom. The number of unbranched alkanes of at least 4 members (excludes halogenated alkanes) is 10. The fourth-order valence-electron chi connectivity index (χ4n) is 3.66. The van der Waals surface area contributed by atoms with Crippen LogP contribution in [0, 0.1) is 0 Å². The van der Waals surface area contributed by atoms with Crippen molar-refractivity contribution in [1.29, 1.82) is 0 Å². The van der Waals surface area contributed by atoms with E-state index >= 15 is 0 Å². The van der Waals surface area contributed by atoms with Gasteiger partial charge in [-0.1, -0.05) is 64.2 Å². The quantitative estimate of drug-likeness (QED) is 0.331. The minimum Gasteiger partial charge on any atom is -0.481 e. The van der Waals surface area contributed by atoms with Crippen LogP contribution in [-0.4, -0.2) is 52.0 Å². The first-order valence-corrected chi connectivity index (χ1v) is 11.3. The number of carbonyl (C=O) groups is 1. The lowest BCUT2D eigenvalue weighted by Gasteiger charge is -2.36. The van der Waals surface area contributed by atoms with Crippen LogP contribution in [0.5, 0.6) is 0 Å². The molecule has 0 aliphatic carbocycles. The Balaban J connectivity index is 1.88. The van der Waals surface area contributed by atoms with Gasteiger partial charge >= 0.3 is 5.97 Å². The Kier molecular flexibility index (Phi) is 13.8. The highest BCUT2D eigenvalue weighted by atomic mass is 16.7. The van der Waals surface area contributed by atoms with Gasteiger partial charge in [0.15, 0.2) is 6.29 Å². The molecule has 0 bridgehead atoms. The van der Waals surface area contributed by atoms with Gasteiger partial charge < -0.3 is 24.8 Å². The average molecular weight is 403 g/mol. The maximum absolute atomic E-state index is 10.4. The number of ether oxygens (including phenoxy) is 2. The second-order valence-electron chi connectivity index (χ2n) is 8.35. The van der Waals surface area contributed by atoms with Gasteiger partial charge in [0, 0.05) is 12.8 Å². The van der Waals surface area contributed by atoms with Gasteiger partial charge in [-0.15, -0.1) is 0 Å². The van der Waals surface area contributed by atoms with Crippen LogP contribution in [0.3, 0.4) is 0 Å². The van der Waals surface area contributed by atoms with Gasteiger partial charge in [0.2, 0.25) is 0 Å². The number of aliphatic hydroxyl groups excluding tert-OH is 2. The van der Waals surface area contributed by atoms with E-state index in [2.05, 4.69) is 0 Å². The van der Waals surface area contributed by atoms with Crippen molar-refractivity contribution in [2.45, 2.75) is 134 Å². The van der Waals surface area contributed by atoms with Crippen molar-refractivity contribution in [3.8, 4) is 0 Å². The Labute approximate surface area is 170 Å². The van der Waals surface area contributed by atoms with Crippen LogP contribution < -0.4 is 0 Å². The molecule has 0 radical (unpaired) electrons. The molecule has 28 heavy (non-hydrogen) atoms. The topological polar surface area (TPSA) is 96.2 Å². The molecule has 1 saturated heterocycles. The Bertz CT molecular complexity index is 402. The van der Waals surface area contributed by atoms with Crippen LogP contribution >= 0.6 is 0 Å². The predicted molar refractivity (Wildman–Crippen MR) is 109 cm³/mol. The molecule has 0 spiro atoms. The highest BCUT2D eigenvalue weighted by Gasteiger charge is 2.35. The third-order valence-electron chi connectivity index (χ3n) is 5.56. The first-order chi connectivity index (χ1) is 13.4. The zero-order chi connectivity index (χ0) is 20.8. The number of hydrogen-bond donors (Lipinski definition) is 3. The normalized spacial score (nSPS) is 26.3. The monoisotopic (exact) mass is 402 g/mol. The molecule has 0 amide bonds. The van der Waals surface area contributed by atoms with E-state index in [4.69, 9.17) is 14.6 Å². The van der Waals surface area contributed by atoms with Gasteiger partial charge in [-0.05, 0) is 26.7 Å². The van der Waals surface area contributed by atoms with Crippen LogP contribution in [0.15, 0.2) is 0 Å². The standard InChI is InChI=1S/C22H42O6/c1-17(27-22-20(24)16-19(23)18(2)28-22)14-12-10-8-6-4-3-5-7-9-11-13-15-21(25)26/h17-20,22-24H,3-16H2,1-2H3,(H,25,26). The molecule has 0 aromatic rings. The number of hydrogen-bond acceptors (Lipinski definition) is 5. The van der Waals surface area contributed by atoms with E-state index in [0.717, 1.165) is 32.1 Å². The summed E-state index contributed by atoms with van der Waals surface area (Å²) in [5.41, 5.74) is 0. The van der Waals surface area contributed by atoms with Gasteiger partial charge in [0.05, 0.1) is 18.3 Å². The number of carboxylic acid groups (broad SMARTS) is 1. The summed E-state index contributed by atoms with van der Waals surface area (Å²) in [6.45, 7) is 3.82. The number of aliphatic carboxylic acids is 1. The maximum Gasteiger partial charge on any atom is 0.303 e. The van der Waals surface area contributed by atoms with Gasteiger partial charge in [0.1, 0.15) is 6.10 Å². The fraction of sp³-hybridized carbons (Fsp3) is 0.955. The molecule has 6 heteroatoms. The van der Waals surface area contributed by atoms with Crippen molar-refractivity contribution in [3.63, 3.8) is 0 Å². The summed E-state index contributed by atoms with van der Waals surface area (Å²) in [4.78, 5) is 10.4. The van der Waals surface area contributed by atoms with E-state index < -0.39 is 24.5 Å². The summed E-state index contributed by atoms with van der Waals surface area (Å²) >= 11 is 0. The van der Waals surface area contributed by atoms with Crippen LogP contribution in [0.2, 0.25) is 0 Å². The summed E-state index contributed by atoms with van der Waals surface area (Å²) in [7, 11) is 0. The van der Waals surface area contributed by atoms with Crippen molar-refractivity contribution in [2.24, 2.45) is 0 Å². The summed E-state index contributed by atoms with van der Waals surface area (Å²) in [5.74, 6) is -0.685. The van der Waals surface area contributed by atoms with Crippen molar-refractivity contribution in [3.05, 3.63) is 0 Å². The SMILES string of the molecule is CC(CCCCCCCCCCCCCC(=O)O)OC1OC(C)C(O)CC1O. The number of aliphatic hydroxyl groups is 2. The molecule has 6 nitrogen and oxygen atoms in total. The van der Waals surface area contributed by atoms with E-state index in [-0.39, 0.29) is 12.2 Å². The molecule has 1 heterocycles. The maximum atomic E-state index is 10.4. The Morgan fingerprint density at radius 3 is 1.96 bits per heavy atom. The Morgan fingerprint density at radius 1 is 0.929 bits per heavy atom. The van der Waals surface area contributed by atoms with Gasteiger partial charge in [-0.3, -0.25) is 4.79 Å². The first kappa shape index (κ1) is 25.3. The van der Waals surface area contributed by atoms with E-state index in [9.17, 15) is 15.0 Å². The van der Waals surface area contributed by atoms with E-state index in [0.29, 0.717) is 12.8 Å². The summed E-state index contributed by atoms with van der Waals surface area (Å²) < 4.78 is 11.4. The van der Waals surface area contributed by atoms with Gasteiger partial charge in [0.25, 0.3) is 0 Å². The van der Waals surface area contributed by atoms with Crippen LogP contribution in [-0.2, 0) is 14.3 Å². The van der Waals surface area contributed by atoms with E-state index in [1.165, 1.54) is 44.9 Å². The van der Waals surface area contributed by atoms with E-state index in [1.807, 2.05) is 6.92 Å². The minimum absolute atomic E-state index is 0.0446. The lowest BCUT2D eigenvalue weighted by atomic mass is 10.0. The molecule has 0 aromatic heterocycles. The fourth-order valence-corrected chi connectivity index (χ4v) is 3.66. The largest absolute Gasteiger partial charge is 0.481 e. The molecule has 1 aliphatic heterocycles. The van der Waals surface area contributed by atoms with Crippen molar-refractivity contribution in [1.82, 2.24) is 0 Å². The molecule has 0 aromatic carbocycles. The molecular weight excluding hydrogens is 360 g/mol. The molecule has 5 unspecified atom stereocenters.